The van der Waals surface area contributed by atoms with Gasteiger partial charge in [-0.3, -0.25) is 19.3 Å². The number of morpholine rings is 1. The van der Waals surface area contributed by atoms with Gasteiger partial charge in [0.25, 0.3) is 5.56 Å². The minimum Gasteiger partial charge on any atom is -0.372 e. The lowest BCUT2D eigenvalue weighted by Crippen LogP contribution is -2.48. The van der Waals surface area contributed by atoms with Gasteiger partial charge in [0.1, 0.15) is 5.39 Å². The molecule has 0 aromatic carbocycles. The third-order valence-corrected chi connectivity index (χ3v) is 5.53. The Morgan fingerprint density at radius 2 is 2.17 bits per heavy atom. The number of ether oxygens (including phenoxy) is 1. The quantitative estimate of drug-likeness (QED) is 0.806. The number of carbonyl (C=O) groups excluding carboxylic acids is 1. The molecule has 8 nitrogen and oxygen atoms in total. The first-order valence-corrected chi connectivity index (χ1v) is 9.03. The van der Waals surface area contributed by atoms with E-state index in [0.29, 0.717) is 41.5 Å². The fourth-order valence-corrected chi connectivity index (χ4v) is 4.55. The number of hydrogen-bond donors (Lipinski definition) is 1. The number of H-pyrrole nitrogens is 1. The predicted molar refractivity (Wildman–Crippen MR) is 89.1 cm³/mol. The molecule has 0 saturated carbocycles. The van der Waals surface area contributed by atoms with Crippen LogP contribution in [-0.4, -0.2) is 61.6 Å². The molecule has 2 aromatic heterocycles. The lowest BCUT2D eigenvalue weighted by molar-refractivity contribution is -0.143. The number of fused-ring (bicyclic) bond motifs is 2. The Labute approximate surface area is 142 Å². The van der Waals surface area contributed by atoms with Gasteiger partial charge in [0.05, 0.1) is 24.4 Å². The highest BCUT2D eigenvalue weighted by molar-refractivity contribution is 7.99. The van der Waals surface area contributed by atoms with Crippen molar-refractivity contribution >= 4 is 28.7 Å². The average Bonchev–Trinajstić information content (AvgIpc) is 3.14. The van der Waals surface area contributed by atoms with Crippen LogP contribution in [0.5, 0.6) is 0 Å². The van der Waals surface area contributed by atoms with Crippen LogP contribution in [0.3, 0.4) is 0 Å². The average molecular weight is 349 g/mol. The Balaban J connectivity index is 1.57. The highest BCUT2D eigenvalue weighted by Crippen LogP contribution is 2.33. The molecule has 1 N–H and O–H groups in total. The molecule has 2 aromatic rings. The van der Waals surface area contributed by atoms with Crippen LogP contribution in [-0.2, 0) is 9.53 Å². The topological polar surface area (TPSA) is 93.1 Å². The summed E-state index contributed by atoms with van der Waals surface area (Å²) >= 11 is 1.51. The van der Waals surface area contributed by atoms with Gasteiger partial charge in [-0.25, -0.2) is 4.98 Å². The van der Waals surface area contributed by atoms with Crippen LogP contribution in [0.25, 0.3) is 11.0 Å². The molecule has 24 heavy (non-hydrogen) atoms. The van der Waals surface area contributed by atoms with E-state index < -0.39 is 0 Å². The molecule has 128 valence electrons. The fourth-order valence-electron chi connectivity index (χ4n) is 3.42. The van der Waals surface area contributed by atoms with E-state index in [2.05, 4.69) is 15.2 Å². The molecule has 4 heterocycles. The van der Waals surface area contributed by atoms with Gasteiger partial charge in [-0.15, -0.1) is 0 Å². The van der Waals surface area contributed by atoms with Crippen molar-refractivity contribution < 1.29 is 9.53 Å². The number of aromatic amines is 1. The third-order valence-electron chi connectivity index (χ3n) is 4.43. The minimum absolute atomic E-state index is 0.0397. The molecule has 1 fully saturated rings. The molecule has 1 amide bonds. The SMILES string of the molecule is CC1CN(C(=O)CC2CSc3nc4[nH]ncc4c(=O)n32)CC(C)O1. The highest BCUT2D eigenvalue weighted by atomic mass is 32.2. The molecular formula is C15H19N5O3S. The van der Waals surface area contributed by atoms with Crippen LogP contribution < -0.4 is 5.56 Å². The van der Waals surface area contributed by atoms with Crippen LogP contribution in [0.4, 0.5) is 0 Å². The summed E-state index contributed by atoms with van der Waals surface area (Å²) in [5.74, 6) is 0.748. The second-order valence-corrected chi connectivity index (χ2v) is 7.41. The van der Waals surface area contributed by atoms with Crippen LogP contribution in [0.2, 0.25) is 0 Å². The normalized spacial score (nSPS) is 26.8. The van der Waals surface area contributed by atoms with Gasteiger partial charge < -0.3 is 9.64 Å². The van der Waals surface area contributed by atoms with Crippen molar-refractivity contribution in [1.29, 1.82) is 0 Å². The van der Waals surface area contributed by atoms with Gasteiger partial charge in [0.2, 0.25) is 5.91 Å². The Bertz CT molecular complexity index is 837. The van der Waals surface area contributed by atoms with E-state index in [4.69, 9.17) is 4.74 Å². The van der Waals surface area contributed by atoms with Gasteiger partial charge in [-0.05, 0) is 13.8 Å². The van der Waals surface area contributed by atoms with Crippen LogP contribution in [0.1, 0.15) is 26.3 Å². The number of thioether (sulfide) groups is 1. The molecule has 0 spiro atoms. The fraction of sp³-hybridized carbons (Fsp3) is 0.600. The first kappa shape index (κ1) is 15.6. The molecule has 2 aliphatic rings. The van der Waals surface area contributed by atoms with Gasteiger partial charge >= 0.3 is 0 Å². The van der Waals surface area contributed by atoms with Crippen molar-refractivity contribution in [3.05, 3.63) is 16.6 Å². The summed E-state index contributed by atoms with van der Waals surface area (Å²) in [6.07, 6.45) is 1.88. The monoisotopic (exact) mass is 349 g/mol. The van der Waals surface area contributed by atoms with Crippen LogP contribution in [0.15, 0.2) is 16.1 Å². The minimum atomic E-state index is -0.162. The van der Waals surface area contributed by atoms with Gasteiger partial charge in [0, 0.05) is 25.3 Å². The van der Waals surface area contributed by atoms with E-state index in [1.165, 1.54) is 18.0 Å². The summed E-state index contributed by atoms with van der Waals surface area (Å²) in [5, 5.41) is 7.73. The van der Waals surface area contributed by atoms with Gasteiger partial charge in [0.15, 0.2) is 10.8 Å². The number of nitrogens with zero attached hydrogens (tertiary/aromatic N) is 4. The summed E-state index contributed by atoms with van der Waals surface area (Å²) in [5.41, 5.74) is 0.372. The zero-order valence-corrected chi connectivity index (χ0v) is 14.4. The van der Waals surface area contributed by atoms with Crippen molar-refractivity contribution in [2.45, 2.75) is 43.7 Å². The number of amides is 1. The molecule has 0 radical (unpaired) electrons. The molecule has 4 rings (SSSR count). The van der Waals surface area contributed by atoms with E-state index >= 15 is 0 Å². The number of aromatic nitrogens is 4. The second kappa shape index (κ2) is 5.89. The summed E-state index contributed by atoms with van der Waals surface area (Å²) < 4.78 is 7.32. The van der Waals surface area contributed by atoms with E-state index in [1.54, 1.807) is 4.57 Å². The van der Waals surface area contributed by atoms with E-state index in [0.717, 1.165) is 0 Å². The predicted octanol–water partition coefficient (Wildman–Crippen LogP) is 0.792. The molecule has 3 atom stereocenters. The number of carbonyl (C=O) groups is 1. The molecule has 1 saturated heterocycles. The molecule has 3 unspecified atom stereocenters. The number of hydrogen-bond acceptors (Lipinski definition) is 6. The Morgan fingerprint density at radius 3 is 2.92 bits per heavy atom. The first-order chi connectivity index (χ1) is 11.5. The summed E-state index contributed by atoms with van der Waals surface area (Å²) in [6, 6.07) is -0.162. The summed E-state index contributed by atoms with van der Waals surface area (Å²) in [6.45, 7) is 5.15. The summed E-state index contributed by atoms with van der Waals surface area (Å²) in [7, 11) is 0. The first-order valence-electron chi connectivity index (χ1n) is 8.04. The maximum atomic E-state index is 12.7. The van der Waals surface area contributed by atoms with E-state index in [-0.39, 0.29) is 29.7 Å². The molecule has 0 aliphatic carbocycles. The van der Waals surface area contributed by atoms with Crippen molar-refractivity contribution in [1.82, 2.24) is 24.6 Å². The Morgan fingerprint density at radius 1 is 1.42 bits per heavy atom. The van der Waals surface area contributed by atoms with Crippen molar-refractivity contribution in [3.63, 3.8) is 0 Å². The van der Waals surface area contributed by atoms with Crippen LogP contribution >= 0.6 is 11.8 Å². The number of nitrogens with one attached hydrogen (secondary N) is 1. The second-order valence-electron chi connectivity index (χ2n) is 6.43. The molecule has 2 aliphatic heterocycles. The Kier molecular flexibility index (Phi) is 3.84. The lowest BCUT2D eigenvalue weighted by atomic mass is 10.1. The van der Waals surface area contributed by atoms with Crippen molar-refractivity contribution in [2.75, 3.05) is 18.8 Å². The van der Waals surface area contributed by atoms with Crippen molar-refractivity contribution in [2.24, 2.45) is 0 Å². The zero-order chi connectivity index (χ0) is 16.8. The van der Waals surface area contributed by atoms with Crippen molar-refractivity contribution in [3.8, 4) is 0 Å². The van der Waals surface area contributed by atoms with E-state index in [1.807, 2.05) is 18.7 Å². The summed E-state index contributed by atoms with van der Waals surface area (Å²) in [4.78, 5) is 31.6. The molecular weight excluding hydrogens is 330 g/mol. The Hall–Kier alpha value is -1.87. The third kappa shape index (κ3) is 2.61. The highest BCUT2D eigenvalue weighted by Gasteiger charge is 2.32. The maximum absolute atomic E-state index is 12.7. The zero-order valence-electron chi connectivity index (χ0n) is 13.6. The molecule has 0 bridgehead atoms. The van der Waals surface area contributed by atoms with E-state index in [9.17, 15) is 9.59 Å². The van der Waals surface area contributed by atoms with Gasteiger partial charge in [-0.1, -0.05) is 11.8 Å². The lowest BCUT2D eigenvalue weighted by Gasteiger charge is -2.35. The standard InChI is InChI=1S/C15H19N5O3S/c1-8-5-19(6-9(2)23-8)12(21)3-10-7-24-15-17-13-11(4-16-18-13)14(22)20(10)15/h4,8-10H,3,5-7H2,1-2H3,(H,16,18). The smallest absolute Gasteiger partial charge is 0.265 e. The largest absolute Gasteiger partial charge is 0.372 e. The van der Waals surface area contributed by atoms with Gasteiger partial charge in [-0.2, -0.15) is 5.10 Å². The molecule has 9 heteroatoms. The number of rotatable bonds is 2. The van der Waals surface area contributed by atoms with Crippen LogP contribution in [0, 0.1) is 0 Å². The maximum Gasteiger partial charge on any atom is 0.265 e.